The number of rotatable bonds is 8. The molecule has 32 heavy (non-hydrogen) atoms. The van der Waals surface area contributed by atoms with Crippen molar-refractivity contribution in [3.8, 4) is 5.75 Å². The Morgan fingerprint density at radius 3 is 2.56 bits per heavy atom. The van der Waals surface area contributed by atoms with Crippen molar-refractivity contribution >= 4 is 5.91 Å². The van der Waals surface area contributed by atoms with Gasteiger partial charge in [-0.15, -0.1) is 0 Å². The summed E-state index contributed by atoms with van der Waals surface area (Å²) in [4.78, 5) is 25.7. The molecule has 7 nitrogen and oxygen atoms in total. The van der Waals surface area contributed by atoms with Gasteiger partial charge in [0.15, 0.2) is 0 Å². The molecular formula is C25H31N5O2. The van der Waals surface area contributed by atoms with Crippen molar-refractivity contribution in [3.63, 3.8) is 0 Å². The van der Waals surface area contributed by atoms with Gasteiger partial charge in [-0.2, -0.15) is 0 Å². The van der Waals surface area contributed by atoms with E-state index in [1.165, 1.54) is 0 Å². The van der Waals surface area contributed by atoms with E-state index in [9.17, 15) is 4.79 Å². The monoisotopic (exact) mass is 433 g/mol. The van der Waals surface area contributed by atoms with Crippen LogP contribution in [0.4, 0.5) is 0 Å². The molecule has 1 aliphatic heterocycles. The summed E-state index contributed by atoms with van der Waals surface area (Å²) >= 11 is 0. The van der Waals surface area contributed by atoms with Gasteiger partial charge in [0.05, 0.1) is 12.2 Å². The maximum atomic E-state index is 12.8. The van der Waals surface area contributed by atoms with Crippen molar-refractivity contribution in [1.29, 1.82) is 0 Å². The highest BCUT2D eigenvalue weighted by Gasteiger charge is 2.21. The highest BCUT2D eigenvalue weighted by molar-refractivity contribution is 5.94. The van der Waals surface area contributed by atoms with Crippen molar-refractivity contribution in [2.45, 2.75) is 45.5 Å². The average molecular weight is 434 g/mol. The number of hydrogen-bond donors (Lipinski definition) is 0. The van der Waals surface area contributed by atoms with Crippen LogP contribution in [-0.2, 0) is 19.6 Å². The van der Waals surface area contributed by atoms with Gasteiger partial charge in [0.2, 0.25) is 0 Å². The first-order valence-electron chi connectivity index (χ1n) is 11.3. The minimum Gasteiger partial charge on any atom is -0.490 e. The highest BCUT2D eigenvalue weighted by atomic mass is 16.5. The molecule has 168 valence electrons. The first-order valence-corrected chi connectivity index (χ1v) is 11.3. The molecule has 0 saturated carbocycles. The number of imidazole rings is 1. The van der Waals surface area contributed by atoms with Crippen LogP contribution in [0, 0.1) is 0 Å². The molecule has 1 aromatic carbocycles. The Morgan fingerprint density at radius 1 is 1.09 bits per heavy atom. The van der Waals surface area contributed by atoms with Crippen LogP contribution < -0.4 is 4.74 Å². The molecule has 0 unspecified atom stereocenters. The predicted octanol–water partition coefficient (Wildman–Crippen LogP) is 3.61. The number of ether oxygens (including phenoxy) is 1. The van der Waals surface area contributed by atoms with Gasteiger partial charge in [0.1, 0.15) is 17.7 Å². The molecule has 0 radical (unpaired) electrons. The largest absolute Gasteiger partial charge is 0.490 e. The topological polar surface area (TPSA) is 63.5 Å². The van der Waals surface area contributed by atoms with Gasteiger partial charge in [0.25, 0.3) is 5.91 Å². The van der Waals surface area contributed by atoms with Crippen molar-refractivity contribution in [2.24, 2.45) is 0 Å². The molecule has 0 spiro atoms. The lowest BCUT2D eigenvalue weighted by Gasteiger charge is -2.31. The summed E-state index contributed by atoms with van der Waals surface area (Å²) in [5.41, 5.74) is 1.76. The first kappa shape index (κ1) is 22.0. The fourth-order valence-corrected chi connectivity index (χ4v) is 4.06. The fraction of sp³-hybridized carbons (Fsp3) is 0.400. The third kappa shape index (κ3) is 5.53. The van der Waals surface area contributed by atoms with E-state index in [1.54, 1.807) is 18.1 Å². The highest BCUT2D eigenvalue weighted by Crippen LogP contribution is 2.21. The van der Waals surface area contributed by atoms with Gasteiger partial charge in [0, 0.05) is 57.4 Å². The Bertz CT molecular complexity index is 995. The first-order chi connectivity index (χ1) is 15.6. The van der Waals surface area contributed by atoms with E-state index < -0.39 is 0 Å². The molecule has 1 saturated heterocycles. The molecule has 1 aliphatic rings. The Labute approximate surface area is 189 Å². The van der Waals surface area contributed by atoms with Gasteiger partial charge in [-0.1, -0.05) is 6.07 Å². The van der Waals surface area contributed by atoms with Gasteiger partial charge in [-0.25, -0.2) is 4.98 Å². The molecule has 0 aliphatic carbocycles. The lowest BCUT2D eigenvalue weighted by Crippen LogP contribution is -2.37. The van der Waals surface area contributed by atoms with Crippen LogP contribution in [0.1, 0.15) is 41.6 Å². The van der Waals surface area contributed by atoms with Gasteiger partial charge < -0.3 is 14.2 Å². The van der Waals surface area contributed by atoms with Crippen LogP contribution in [0.5, 0.6) is 5.75 Å². The molecule has 4 rings (SSSR count). The van der Waals surface area contributed by atoms with Crippen LogP contribution >= 0.6 is 0 Å². The van der Waals surface area contributed by atoms with E-state index in [2.05, 4.69) is 27.9 Å². The van der Waals surface area contributed by atoms with E-state index in [1.807, 2.05) is 53.4 Å². The minimum atomic E-state index is -0.0231. The van der Waals surface area contributed by atoms with Gasteiger partial charge >= 0.3 is 0 Å². The standard InChI is InChI=1S/C25H31N5O2/c1-3-30-17-14-27-24(30)19-28(2)25(31)20-7-9-22(10-8-20)32-23-11-15-29(16-12-23)18-21-6-4-5-13-26-21/h4-10,13-14,17,23H,3,11-12,15-16,18-19H2,1-2H3. The van der Waals surface area contributed by atoms with E-state index in [4.69, 9.17) is 4.74 Å². The average Bonchev–Trinajstić information content (AvgIpc) is 3.28. The molecule has 0 N–H and O–H groups in total. The van der Waals surface area contributed by atoms with Crippen molar-refractivity contribution in [3.05, 3.63) is 78.1 Å². The second-order valence-electron chi connectivity index (χ2n) is 8.23. The van der Waals surface area contributed by atoms with E-state index in [0.717, 1.165) is 56.3 Å². The lowest BCUT2D eigenvalue weighted by atomic mass is 10.1. The summed E-state index contributed by atoms with van der Waals surface area (Å²) in [6.45, 7) is 6.26. The quantitative estimate of drug-likeness (QED) is 0.543. The summed E-state index contributed by atoms with van der Waals surface area (Å²) < 4.78 is 8.23. The molecular weight excluding hydrogens is 402 g/mol. The smallest absolute Gasteiger partial charge is 0.254 e. The molecule has 1 amide bonds. The number of amides is 1. The van der Waals surface area contributed by atoms with Crippen LogP contribution in [0.25, 0.3) is 0 Å². The van der Waals surface area contributed by atoms with Crippen molar-refractivity contribution in [1.82, 2.24) is 24.3 Å². The summed E-state index contributed by atoms with van der Waals surface area (Å²) in [5, 5.41) is 0. The lowest BCUT2D eigenvalue weighted by molar-refractivity contribution is 0.0779. The molecule has 3 heterocycles. The zero-order chi connectivity index (χ0) is 22.3. The number of pyridine rings is 1. The van der Waals surface area contributed by atoms with Crippen LogP contribution in [-0.4, -0.2) is 56.5 Å². The Hall–Kier alpha value is -3.19. The summed E-state index contributed by atoms with van der Waals surface area (Å²) in [6, 6.07) is 13.5. The zero-order valence-electron chi connectivity index (χ0n) is 18.9. The molecule has 7 heteroatoms. The number of hydrogen-bond acceptors (Lipinski definition) is 5. The number of nitrogens with zero attached hydrogens (tertiary/aromatic N) is 5. The van der Waals surface area contributed by atoms with Crippen LogP contribution in [0.15, 0.2) is 61.1 Å². The number of carbonyl (C=O) groups is 1. The predicted molar refractivity (Wildman–Crippen MR) is 123 cm³/mol. The number of likely N-dealkylation sites (tertiary alicyclic amines) is 1. The Morgan fingerprint density at radius 2 is 1.88 bits per heavy atom. The maximum absolute atomic E-state index is 12.8. The molecule has 2 aromatic heterocycles. The molecule has 1 fully saturated rings. The summed E-state index contributed by atoms with van der Waals surface area (Å²) in [6.07, 6.45) is 7.72. The third-order valence-corrected chi connectivity index (χ3v) is 5.92. The summed E-state index contributed by atoms with van der Waals surface area (Å²) in [5.74, 6) is 1.68. The Kier molecular flexibility index (Phi) is 7.17. The normalized spacial score (nSPS) is 14.9. The van der Waals surface area contributed by atoms with Crippen molar-refractivity contribution in [2.75, 3.05) is 20.1 Å². The molecule has 0 bridgehead atoms. The van der Waals surface area contributed by atoms with Crippen LogP contribution in [0.2, 0.25) is 0 Å². The molecule has 3 aromatic rings. The second kappa shape index (κ2) is 10.4. The van der Waals surface area contributed by atoms with E-state index in [-0.39, 0.29) is 12.0 Å². The van der Waals surface area contributed by atoms with E-state index in [0.29, 0.717) is 12.1 Å². The number of benzene rings is 1. The van der Waals surface area contributed by atoms with Gasteiger partial charge in [-0.05, 0) is 56.2 Å². The number of aromatic nitrogens is 3. The second-order valence-corrected chi connectivity index (χ2v) is 8.23. The third-order valence-electron chi connectivity index (χ3n) is 5.92. The SMILES string of the molecule is CCn1ccnc1CN(C)C(=O)c1ccc(OC2CCN(Cc3ccccn3)CC2)cc1. The minimum absolute atomic E-state index is 0.0231. The number of piperidine rings is 1. The van der Waals surface area contributed by atoms with Crippen molar-refractivity contribution < 1.29 is 9.53 Å². The molecule has 0 atom stereocenters. The van der Waals surface area contributed by atoms with E-state index >= 15 is 0 Å². The summed E-state index contributed by atoms with van der Waals surface area (Å²) in [7, 11) is 1.81. The number of carbonyl (C=O) groups excluding carboxylic acids is 1. The maximum Gasteiger partial charge on any atom is 0.254 e. The van der Waals surface area contributed by atoms with Gasteiger partial charge in [-0.3, -0.25) is 14.7 Å². The fourth-order valence-electron chi connectivity index (χ4n) is 4.06. The Balaban J connectivity index is 1.26. The number of aryl methyl sites for hydroxylation is 1. The van der Waals surface area contributed by atoms with Crippen LogP contribution in [0.3, 0.4) is 0 Å². The zero-order valence-corrected chi connectivity index (χ0v) is 18.9.